The Morgan fingerprint density at radius 1 is 0.315 bits per heavy atom. The molecule has 0 fully saturated rings. The third-order valence-electron chi connectivity index (χ3n) is 10.5. The van der Waals surface area contributed by atoms with Gasteiger partial charge in [0.15, 0.2) is 0 Å². The molecule has 2 heteroatoms. The van der Waals surface area contributed by atoms with Crippen molar-refractivity contribution in [2.24, 2.45) is 0 Å². The van der Waals surface area contributed by atoms with Crippen LogP contribution in [0.25, 0.3) is 77.2 Å². The second kappa shape index (κ2) is 13.4. The lowest BCUT2D eigenvalue weighted by Crippen LogP contribution is -2.10. The molecule has 0 aliphatic carbocycles. The molecule has 254 valence electrons. The van der Waals surface area contributed by atoms with Gasteiger partial charge in [0.05, 0.1) is 0 Å². The summed E-state index contributed by atoms with van der Waals surface area (Å²) in [7, 11) is 0. The van der Waals surface area contributed by atoms with Gasteiger partial charge in [-0.25, -0.2) is 0 Å². The van der Waals surface area contributed by atoms with Gasteiger partial charge >= 0.3 is 0 Å². The molecule has 0 amide bonds. The molecule has 0 N–H and O–H groups in total. The Labute approximate surface area is 314 Å². The van der Waals surface area contributed by atoms with Gasteiger partial charge in [0.2, 0.25) is 0 Å². The van der Waals surface area contributed by atoms with Crippen LogP contribution in [-0.4, -0.2) is 0 Å². The van der Waals surface area contributed by atoms with Gasteiger partial charge in [0.1, 0.15) is 11.2 Å². The van der Waals surface area contributed by atoms with Crippen LogP contribution in [0.15, 0.2) is 217 Å². The number of nitrogens with zero attached hydrogens (tertiary/aromatic N) is 1. The molecule has 0 unspecified atom stereocenters. The summed E-state index contributed by atoms with van der Waals surface area (Å²) >= 11 is 0. The average Bonchev–Trinajstić information content (AvgIpc) is 3.64. The second-order valence-electron chi connectivity index (χ2n) is 13.7. The van der Waals surface area contributed by atoms with Crippen LogP contribution in [0, 0.1) is 0 Å². The largest absolute Gasteiger partial charge is 0.455 e. The van der Waals surface area contributed by atoms with Crippen LogP contribution in [0.1, 0.15) is 0 Å². The van der Waals surface area contributed by atoms with E-state index < -0.39 is 0 Å². The fourth-order valence-electron chi connectivity index (χ4n) is 7.78. The summed E-state index contributed by atoms with van der Waals surface area (Å²) in [5.41, 5.74) is 14.4. The zero-order chi connectivity index (χ0) is 35.8. The molecule has 2 nitrogen and oxygen atoms in total. The van der Waals surface area contributed by atoms with E-state index in [1.807, 2.05) is 0 Å². The lowest BCUT2D eigenvalue weighted by atomic mass is 9.96. The summed E-state index contributed by atoms with van der Waals surface area (Å²) in [6.45, 7) is 0. The van der Waals surface area contributed by atoms with E-state index in [1.165, 1.54) is 33.0 Å². The van der Waals surface area contributed by atoms with Crippen molar-refractivity contribution in [3.05, 3.63) is 212 Å². The SMILES string of the molecule is c1ccc(-c2ccc(N(c3ccc(-c4ccc5c(c4)oc4c(-c6ccccc6)cc6ccccc6c45)cc3)c3cccc(-c4ccccc4)c3)cc2)cc1. The zero-order valence-electron chi connectivity index (χ0n) is 29.6. The molecule has 1 heterocycles. The quantitative estimate of drug-likeness (QED) is 0.166. The standard InChI is InChI=1S/C52H35NO/c1-4-13-36(14-5-1)38-23-28-44(29-24-38)53(46-21-12-20-41(33-46)37-15-6-2-7-16-37)45-30-25-39(26-31-45)42-27-32-48-50(35-42)54-52-49(40-17-8-3-9-18-40)34-43-19-10-11-22-47(43)51(48)52/h1-35H. The third kappa shape index (κ3) is 5.71. The number of furan rings is 1. The number of anilines is 3. The first kappa shape index (κ1) is 31.6. The zero-order valence-corrected chi connectivity index (χ0v) is 29.6. The van der Waals surface area contributed by atoms with Crippen molar-refractivity contribution in [3.63, 3.8) is 0 Å². The molecule has 0 aliphatic rings. The average molecular weight is 690 g/mol. The van der Waals surface area contributed by atoms with Crippen LogP contribution in [0.3, 0.4) is 0 Å². The predicted molar refractivity (Wildman–Crippen MR) is 228 cm³/mol. The van der Waals surface area contributed by atoms with Gasteiger partial charge in [-0.2, -0.15) is 0 Å². The van der Waals surface area contributed by atoms with Crippen molar-refractivity contribution in [2.45, 2.75) is 0 Å². The van der Waals surface area contributed by atoms with Gasteiger partial charge in [0, 0.05) is 33.4 Å². The lowest BCUT2D eigenvalue weighted by Gasteiger charge is -2.26. The summed E-state index contributed by atoms with van der Waals surface area (Å²) in [6, 6.07) is 75.7. The van der Waals surface area contributed by atoms with Crippen LogP contribution >= 0.6 is 0 Å². The first-order valence-corrected chi connectivity index (χ1v) is 18.4. The van der Waals surface area contributed by atoms with Crippen molar-refractivity contribution in [1.29, 1.82) is 0 Å². The monoisotopic (exact) mass is 689 g/mol. The van der Waals surface area contributed by atoms with E-state index >= 15 is 0 Å². The number of hydrogen-bond acceptors (Lipinski definition) is 2. The van der Waals surface area contributed by atoms with Crippen LogP contribution < -0.4 is 4.90 Å². The molecule has 54 heavy (non-hydrogen) atoms. The number of benzene rings is 9. The van der Waals surface area contributed by atoms with Crippen molar-refractivity contribution in [2.75, 3.05) is 4.90 Å². The molecule has 0 saturated carbocycles. The first-order chi connectivity index (χ1) is 26.8. The summed E-state index contributed by atoms with van der Waals surface area (Å²) in [4.78, 5) is 2.34. The van der Waals surface area contributed by atoms with Crippen molar-refractivity contribution in [1.82, 2.24) is 0 Å². The maximum Gasteiger partial charge on any atom is 0.143 e. The highest BCUT2D eigenvalue weighted by Gasteiger charge is 2.18. The molecule has 9 aromatic carbocycles. The van der Waals surface area contributed by atoms with E-state index in [0.29, 0.717) is 0 Å². The predicted octanol–water partition coefficient (Wildman–Crippen LogP) is 14.9. The summed E-state index contributed by atoms with van der Waals surface area (Å²) in [5, 5.41) is 4.70. The van der Waals surface area contributed by atoms with Gasteiger partial charge in [0.25, 0.3) is 0 Å². The Kier molecular flexibility index (Phi) is 7.85. The maximum atomic E-state index is 6.77. The molecule has 0 spiro atoms. The molecule has 0 aliphatic heterocycles. The van der Waals surface area contributed by atoms with Gasteiger partial charge in [-0.05, 0) is 104 Å². The van der Waals surface area contributed by atoms with E-state index in [2.05, 4.69) is 217 Å². The summed E-state index contributed by atoms with van der Waals surface area (Å²) in [6.07, 6.45) is 0. The molecule has 0 bridgehead atoms. The Hall–Kier alpha value is -7.16. The summed E-state index contributed by atoms with van der Waals surface area (Å²) in [5.74, 6) is 0. The molecule has 0 saturated heterocycles. The van der Waals surface area contributed by atoms with Crippen molar-refractivity contribution in [3.8, 4) is 44.5 Å². The number of rotatable bonds is 7. The normalized spacial score (nSPS) is 11.3. The highest BCUT2D eigenvalue weighted by molar-refractivity contribution is 6.22. The highest BCUT2D eigenvalue weighted by Crippen LogP contribution is 2.43. The van der Waals surface area contributed by atoms with Gasteiger partial charge in [-0.3, -0.25) is 0 Å². The van der Waals surface area contributed by atoms with Gasteiger partial charge in [-0.1, -0.05) is 158 Å². The highest BCUT2D eigenvalue weighted by atomic mass is 16.3. The molecule has 10 rings (SSSR count). The van der Waals surface area contributed by atoms with Gasteiger partial charge in [-0.15, -0.1) is 0 Å². The third-order valence-corrected chi connectivity index (χ3v) is 10.5. The van der Waals surface area contributed by atoms with Crippen LogP contribution in [-0.2, 0) is 0 Å². The van der Waals surface area contributed by atoms with Crippen LogP contribution in [0.2, 0.25) is 0 Å². The Morgan fingerprint density at radius 2 is 0.815 bits per heavy atom. The fourth-order valence-corrected chi connectivity index (χ4v) is 7.78. The fraction of sp³-hybridized carbons (Fsp3) is 0. The van der Waals surface area contributed by atoms with Crippen LogP contribution in [0.4, 0.5) is 17.1 Å². The lowest BCUT2D eigenvalue weighted by molar-refractivity contribution is 0.670. The molecular weight excluding hydrogens is 655 g/mol. The molecular formula is C52H35NO. The van der Waals surface area contributed by atoms with Crippen LogP contribution in [0.5, 0.6) is 0 Å². The molecule has 0 radical (unpaired) electrons. The molecule has 1 aromatic heterocycles. The number of hydrogen-bond donors (Lipinski definition) is 0. The number of fused-ring (bicyclic) bond motifs is 5. The van der Waals surface area contributed by atoms with E-state index in [4.69, 9.17) is 4.42 Å². The first-order valence-electron chi connectivity index (χ1n) is 18.4. The smallest absolute Gasteiger partial charge is 0.143 e. The van der Waals surface area contributed by atoms with Crippen molar-refractivity contribution < 1.29 is 4.42 Å². The minimum atomic E-state index is 0.887. The van der Waals surface area contributed by atoms with E-state index in [0.717, 1.165) is 61.3 Å². The van der Waals surface area contributed by atoms with E-state index in [-0.39, 0.29) is 0 Å². The Bertz CT molecular complexity index is 2890. The van der Waals surface area contributed by atoms with E-state index in [1.54, 1.807) is 0 Å². The van der Waals surface area contributed by atoms with Gasteiger partial charge < -0.3 is 9.32 Å². The maximum absolute atomic E-state index is 6.77. The molecule has 10 aromatic rings. The Balaban J connectivity index is 1.06. The summed E-state index contributed by atoms with van der Waals surface area (Å²) < 4.78 is 6.77. The molecule has 0 atom stereocenters. The Morgan fingerprint density at radius 3 is 1.48 bits per heavy atom. The minimum absolute atomic E-state index is 0.887. The van der Waals surface area contributed by atoms with Crippen molar-refractivity contribution >= 4 is 49.8 Å². The second-order valence-corrected chi connectivity index (χ2v) is 13.7. The van der Waals surface area contributed by atoms with E-state index in [9.17, 15) is 0 Å². The topological polar surface area (TPSA) is 16.4 Å². The minimum Gasteiger partial charge on any atom is -0.455 e.